The smallest absolute Gasteiger partial charge is 0.251 e. The van der Waals surface area contributed by atoms with Gasteiger partial charge in [0.15, 0.2) is 0 Å². The van der Waals surface area contributed by atoms with Crippen LogP contribution in [0.5, 0.6) is 0 Å². The molecule has 0 bridgehead atoms. The summed E-state index contributed by atoms with van der Waals surface area (Å²) in [5.74, 6) is 0.0925. The first-order valence-electron chi connectivity index (χ1n) is 10.4. The average Bonchev–Trinajstić information content (AvgIpc) is 3.15. The van der Waals surface area contributed by atoms with Gasteiger partial charge in [0, 0.05) is 29.6 Å². The van der Waals surface area contributed by atoms with Gasteiger partial charge in [0.1, 0.15) is 5.82 Å². The molecule has 2 atom stereocenters. The molecule has 31 heavy (non-hydrogen) atoms. The molecule has 0 saturated carbocycles. The number of nitrogens with zero attached hydrogens (tertiary/aromatic N) is 1. The Morgan fingerprint density at radius 1 is 1.10 bits per heavy atom. The number of H-pyrrole nitrogens is 2. The zero-order valence-electron chi connectivity index (χ0n) is 17.9. The van der Waals surface area contributed by atoms with E-state index in [1.165, 1.54) is 6.07 Å². The van der Waals surface area contributed by atoms with E-state index in [9.17, 15) is 9.59 Å². The van der Waals surface area contributed by atoms with Crippen LogP contribution < -0.4 is 10.9 Å². The van der Waals surface area contributed by atoms with E-state index >= 15 is 0 Å². The maximum atomic E-state index is 13.1. The van der Waals surface area contributed by atoms with Crippen LogP contribution in [-0.4, -0.2) is 20.9 Å². The van der Waals surface area contributed by atoms with Crippen LogP contribution in [0.2, 0.25) is 0 Å². The van der Waals surface area contributed by atoms with Crippen LogP contribution in [0.25, 0.3) is 10.9 Å². The van der Waals surface area contributed by atoms with Crippen LogP contribution in [0, 0.1) is 13.8 Å². The van der Waals surface area contributed by atoms with Crippen LogP contribution in [0.4, 0.5) is 0 Å². The summed E-state index contributed by atoms with van der Waals surface area (Å²) >= 11 is 0. The van der Waals surface area contributed by atoms with E-state index in [2.05, 4.69) is 20.3 Å². The number of hydrogen-bond acceptors (Lipinski definition) is 3. The number of benzene rings is 2. The summed E-state index contributed by atoms with van der Waals surface area (Å²) in [7, 11) is 0. The summed E-state index contributed by atoms with van der Waals surface area (Å²) in [4.78, 5) is 35.7. The van der Waals surface area contributed by atoms with Gasteiger partial charge in [-0.05, 0) is 38.0 Å². The van der Waals surface area contributed by atoms with Gasteiger partial charge in [-0.15, -0.1) is 0 Å². The van der Waals surface area contributed by atoms with E-state index in [1.807, 2.05) is 68.6 Å². The third-order valence-corrected chi connectivity index (χ3v) is 5.62. The quantitative estimate of drug-likeness (QED) is 0.444. The molecule has 0 aliphatic rings. The highest BCUT2D eigenvalue weighted by Crippen LogP contribution is 2.25. The highest BCUT2D eigenvalue weighted by Gasteiger charge is 2.23. The lowest BCUT2D eigenvalue weighted by Gasteiger charge is -2.21. The summed E-state index contributed by atoms with van der Waals surface area (Å²) < 4.78 is 0. The molecule has 2 unspecified atom stereocenters. The fraction of sp³-hybridized carbons (Fsp3) is 0.240. The van der Waals surface area contributed by atoms with Gasteiger partial charge in [-0.25, -0.2) is 4.98 Å². The molecule has 6 heteroatoms. The van der Waals surface area contributed by atoms with Gasteiger partial charge in [0.2, 0.25) is 5.91 Å². The van der Waals surface area contributed by atoms with Gasteiger partial charge in [-0.1, -0.05) is 48.0 Å². The fourth-order valence-electron chi connectivity index (χ4n) is 3.83. The minimum atomic E-state index is -0.430. The molecule has 6 nitrogen and oxygen atoms in total. The number of aromatic nitrogens is 3. The van der Waals surface area contributed by atoms with Crippen molar-refractivity contribution < 1.29 is 4.79 Å². The number of carbonyl (C=O) groups is 1. The van der Waals surface area contributed by atoms with Gasteiger partial charge in [-0.3, -0.25) is 9.59 Å². The number of hydrogen-bond donors (Lipinski definition) is 3. The first-order chi connectivity index (χ1) is 14.9. The third kappa shape index (κ3) is 4.58. The molecule has 0 aliphatic heterocycles. The number of amides is 1. The Labute approximate surface area is 180 Å². The predicted octanol–water partition coefficient (Wildman–Crippen LogP) is 4.07. The zero-order chi connectivity index (χ0) is 22.0. The number of nitrogens with one attached hydrogen (secondary N) is 3. The van der Waals surface area contributed by atoms with Crippen molar-refractivity contribution in [1.29, 1.82) is 0 Å². The standard InChI is InChI=1S/C25H26N4O2/c1-15-8-10-18(11-9-15)16(2)25(31)29-22(23-13-24(30)28-17(3)27-23)12-19-14-26-21-7-5-4-6-20(19)21/h4-11,13-14,16,22,26H,12H2,1-3H3,(H,29,31)(H,27,28,30). The summed E-state index contributed by atoms with van der Waals surface area (Å²) in [6, 6.07) is 17.0. The molecule has 2 aromatic heterocycles. The Kier molecular flexibility index (Phi) is 5.71. The van der Waals surface area contributed by atoms with Crippen LogP contribution in [0.1, 0.15) is 47.1 Å². The minimum absolute atomic E-state index is 0.103. The highest BCUT2D eigenvalue weighted by atomic mass is 16.2. The number of aromatic amines is 2. The van der Waals surface area contributed by atoms with Gasteiger partial charge in [0.25, 0.3) is 5.56 Å². The molecule has 0 fully saturated rings. The highest BCUT2D eigenvalue weighted by molar-refractivity contribution is 5.85. The van der Waals surface area contributed by atoms with Crippen LogP contribution in [0.15, 0.2) is 65.6 Å². The first kappa shape index (κ1) is 20.6. The molecule has 0 aliphatic carbocycles. The molecule has 0 spiro atoms. The number of para-hydroxylation sites is 1. The van der Waals surface area contributed by atoms with Crippen molar-refractivity contribution in [2.45, 2.75) is 39.2 Å². The lowest BCUT2D eigenvalue weighted by atomic mass is 9.97. The molecular weight excluding hydrogens is 388 g/mol. The number of carbonyl (C=O) groups excluding carboxylic acids is 1. The molecule has 0 radical (unpaired) electrons. The zero-order valence-corrected chi connectivity index (χ0v) is 17.9. The van der Waals surface area contributed by atoms with Crippen molar-refractivity contribution in [2.24, 2.45) is 0 Å². The largest absolute Gasteiger partial charge is 0.361 e. The molecule has 3 N–H and O–H groups in total. The minimum Gasteiger partial charge on any atom is -0.361 e. The Hall–Kier alpha value is -3.67. The SMILES string of the molecule is Cc1ccc(C(C)C(=O)NC(Cc2c[nH]c3ccccc23)c2cc(=O)[nH]c(C)n2)cc1. The summed E-state index contributed by atoms with van der Waals surface area (Å²) in [5.41, 5.74) is 4.51. The van der Waals surface area contributed by atoms with Crippen molar-refractivity contribution in [3.8, 4) is 0 Å². The number of rotatable bonds is 6. The maximum absolute atomic E-state index is 13.1. The Morgan fingerprint density at radius 2 is 1.84 bits per heavy atom. The van der Waals surface area contributed by atoms with Crippen molar-refractivity contribution in [2.75, 3.05) is 0 Å². The predicted molar refractivity (Wildman–Crippen MR) is 122 cm³/mol. The van der Waals surface area contributed by atoms with Crippen molar-refractivity contribution in [3.05, 3.63) is 99.4 Å². The van der Waals surface area contributed by atoms with Crippen LogP contribution in [0.3, 0.4) is 0 Å². The van der Waals surface area contributed by atoms with E-state index in [-0.39, 0.29) is 17.4 Å². The lowest BCUT2D eigenvalue weighted by Crippen LogP contribution is -2.34. The van der Waals surface area contributed by atoms with Gasteiger partial charge >= 0.3 is 0 Å². The van der Waals surface area contributed by atoms with E-state index in [0.29, 0.717) is 17.9 Å². The first-order valence-corrected chi connectivity index (χ1v) is 10.4. The summed E-state index contributed by atoms with van der Waals surface area (Å²) in [6.45, 7) is 5.65. The molecule has 158 valence electrons. The maximum Gasteiger partial charge on any atom is 0.251 e. The Bertz CT molecular complexity index is 1270. The second-order valence-corrected chi connectivity index (χ2v) is 8.01. The molecule has 4 rings (SSSR count). The van der Waals surface area contributed by atoms with Gasteiger partial charge < -0.3 is 15.3 Å². The van der Waals surface area contributed by atoms with E-state index in [1.54, 1.807) is 6.92 Å². The molecular formula is C25H26N4O2. The van der Waals surface area contributed by atoms with Gasteiger partial charge in [-0.2, -0.15) is 0 Å². The van der Waals surface area contributed by atoms with Gasteiger partial charge in [0.05, 0.1) is 17.7 Å². The second kappa shape index (κ2) is 8.60. The normalized spacial score (nSPS) is 13.1. The monoisotopic (exact) mass is 414 g/mol. The average molecular weight is 415 g/mol. The van der Waals surface area contributed by atoms with Crippen molar-refractivity contribution in [3.63, 3.8) is 0 Å². The van der Waals surface area contributed by atoms with Crippen LogP contribution >= 0.6 is 0 Å². The van der Waals surface area contributed by atoms with E-state index < -0.39 is 6.04 Å². The fourth-order valence-corrected chi connectivity index (χ4v) is 3.83. The number of aryl methyl sites for hydroxylation is 2. The van der Waals surface area contributed by atoms with Crippen molar-refractivity contribution >= 4 is 16.8 Å². The third-order valence-electron chi connectivity index (χ3n) is 5.62. The summed E-state index contributed by atoms with van der Waals surface area (Å²) in [5, 5.41) is 4.23. The van der Waals surface area contributed by atoms with E-state index in [4.69, 9.17) is 0 Å². The topological polar surface area (TPSA) is 90.6 Å². The molecule has 0 saturated heterocycles. The second-order valence-electron chi connectivity index (χ2n) is 8.01. The molecule has 1 amide bonds. The Balaban J connectivity index is 1.65. The lowest BCUT2D eigenvalue weighted by molar-refractivity contribution is -0.123. The Morgan fingerprint density at radius 3 is 2.58 bits per heavy atom. The number of fused-ring (bicyclic) bond motifs is 1. The molecule has 4 aromatic rings. The van der Waals surface area contributed by atoms with E-state index in [0.717, 1.165) is 27.6 Å². The summed E-state index contributed by atoms with van der Waals surface area (Å²) in [6.07, 6.45) is 2.47. The molecule has 2 heterocycles. The van der Waals surface area contributed by atoms with Crippen LogP contribution in [-0.2, 0) is 11.2 Å². The van der Waals surface area contributed by atoms with Crippen molar-refractivity contribution in [1.82, 2.24) is 20.3 Å². The molecule has 2 aromatic carbocycles.